The second-order valence-corrected chi connectivity index (χ2v) is 8.23. The van der Waals surface area contributed by atoms with Crippen molar-refractivity contribution in [2.45, 2.75) is 24.3 Å². The summed E-state index contributed by atoms with van der Waals surface area (Å²) in [6, 6.07) is 13.2. The van der Waals surface area contributed by atoms with Crippen molar-refractivity contribution in [3.63, 3.8) is 0 Å². The third-order valence-corrected chi connectivity index (χ3v) is 5.39. The summed E-state index contributed by atoms with van der Waals surface area (Å²) in [6.07, 6.45) is 0.850. The molecule has 136 valence electrons. The van der Waals surface area contributed by atoms with Gasteiger partial charge in [0, 0.05) is 18.5 Å². The van der Waals surface area contributed by atoms with Crippen molar-refractivity contribution in [1.82, 2.24) is 0 Å². The Morgan fingerprint density at radius 3 is 2.58 bits per heavy atom. The zero-order chi connectivity index (χ0) is 18.9. The molecule has 0 saturated carbocycles. The second kappa shape index (κ2) is 6.92. The molecule has 1 unspecified atom stereocenters. The number of nitrogens with zero attached hydrogens (tertiary/aromatic N) is 1. The van der Waals surface area contributed by atoms with Crippen LogP contribution >= 0.6 is 0 Å². The van der Waals surface area contributed by atoms with Crippen LogP contribution in [0.15, 0.2) is 53.4 Å². The van der Waals surface area contributed by atoms with Gasteiger partial charge in [0.15, 0.2) is 15.9 Å². The number of hydrogen-bond acceptors (Lipinski definition) is 5. The van der Waals surface area contributed by atoms with Crippen molar-refractivity contribution in [2.75, 3.05) is 17.7 Å². The maximum absolute atomic E-state index is 12.7. The fourth-order valence-electron chi connectivity index (χ4n) is 2.92. The van der Waals surface area contributed by atoms with Gasteiger partial charge in [0.1, 0.15) is 0 Å². The number of rotatable bonds is 4. The highest BCUT2D eigenvalue weighted by Gasteiger charge is 2.30. The van der Waals surface area contributed by atoms with E-state index in [0.717, 1.165) is 23.9 Å². The zero-order valence-corrected chi connectivity index (χ0v) is 15.3. The Morgan fingerprint density at radius 1 is 1.12 bits per heavy atom. The van der Waals surface area contributed by atoms with Crippen molar-refractivity contribution in [2.24, 2.45) is 0 Å². The molecule has 0 spiro atoms. The monoisotopic (exact) mass is 373 g/mol. The number of ether oxygens (including phenoxy) is 1. The number of esters is 1. The lowest BCUT2D eigenvalue weighted by atomic mass is 10.2. The standard InChI is InChI=1S/C19H19NO5S/c1-13(18(21)20-11-10-14-6-3-4-9-17(14)20)25-19(22)15-7-5-8-16(12-15)26(2,23)24/h3-9,12-13H,10-11H2,1-2H3. The van der Waals surface area contributed by atoms with Crippen LogP contribution in [0.1, 0.15) is 22.8 Å². The molecule has 0 N–H and O–H groups in total. The van der Waals surface area contributed by atoms with E-state index in [1.807, 2.05) is 24.3 Å². The average molecular weight is 373 g/mol. The fourth-order valence-corrected chi connectivity index (χ4v) is 3.59. The lowest BCUT2D eigenvalue weighted by molar-refractivity contribution is -0.126. The smallest absolute Gasteiger partial charge is 0.338 e. The third-order valence-electron chi connectivity index (χ3n) is 4.28. The SMILES string of the molecule is CC(OC(=O)c1cccc(S(C)(=O)=O)c1)C(=O)N1CCc2ccccc21. The Morgan fingerprint density at radius 2 is 1.85 bits per heavy atom. The van der Waals surface area contributed by atoms with Gasteiger partial charge in [-0.3, -0.25) is 4.79 Å². The summed E-state index contributed by atoms with van der Waals surface area (Å²) < 4.78 is 28.5. The van der Waals surface area contributed by atoms with Crippen LogP contribution in [0.25, 0.3) is 0 Å². The highest BCUT2D eigenvalue weighted by atomic mass is 32.2. The molecule has 0 saturated heterocycles. The molecule has 2 aromatic rings. The number of carbonyl (C=O) groups is 2. The number of anilines is 1. The van der Waals surface area contributed by atoms with E-state index in [1.54, 1.807) is 4.90 Å². The van der Waals surface area contributed by atoms with E-state index >= 15 is 0 Å². The Labute approximate surface area is 152 Å². The highest BCUT2D eigenvalue weighted by Crippen LogP contribution is 2.28. The molecule has 1 atom stereocenters. The van der Waals surface area contributed by atoms with Crippen LogP contribution in [0, 0.1) is 0 Å². The minimum absolute atomic E-state index is 0.0272. The van der Waals surface area contributed by atoms with Crippen LogP contribution in [0.5, 0.6) is 0 Å². The molecule has 6 nitrogen and oxygen atoms in total. The molecule has 3 rings (SSSR count). The number of para-hydroxylation sites is 1. The number of amides is 1. The molecular formula is C19H19NO5S. The van der Waals surface area contributed by atoms with Crippen LogP contribution in [-0.2, 0) is 25.8 Å². The van der Waals surface area contributed by atoms with E-state index in [2.05, 4.69) is 0 Å². The largest absolute Gasteiger partial charge is 0.449 e. The molecule has 1 amide bonds. The molecule has 0 aromatic heterocycles. The number of hydrogen-bond donors (Lipinski definition) is 0. The van der Waals surface area contributed by atoms with Gasteiger partial charge in [-0.05, 0) is 43.2 Å². The molecule has 1 aliphatic rings. The number of carbonyl (C=O) groups excluding carboxylic acids is 2. The van der Waals surface area contributed by atoms with Gasteiger partial charge in [-0.1, -0.05) is 24.3 Å². The van der Waals surface area contributed by atoms with E-state index < -0.39 is 21.9 Å². The first-order valence-corrected chi connectivity index (χ1v) is 10.1. The molecule has 26 heavy (non-hydrogen) atoms. The number of benzene rings is 2. The zero-order valence-electron chi connectivity index (χ0n) is 14.5. The predicted octanol–water partition coefficient (Wildman–Crippen LogP) is 2.22. The first-order chi connectivity index (χ1) is 12.3. The summed E-state index contributed by atoms with van der Waals surface area (Å²) in [4.78, 5) is 26.6. The number of sulfone groups is 1. The fraction of sp³-hybridized carbons (Fsp3) is 0.263. The van der Waals surface area contributed by atoms with E-state index in [4.69, 9.17) is 4.74 Å². The van der Waals surface area contributed by atoms with Gasteiger partial charge in [-0.25, -0.2) is 13.2 Å². The third kappa shape index (κ3) is 3.62. The molecule has 0 fully saturated rings. The van der Waals surface area contributed by atoms with Gasteiger partial charge in [0.2, 0.25) is 0 Å². The van der Waals surface area contributed by atoms with Crippen molar-refractivity contribution in [1.29, 1.82) is 0 Å². The van der Waals surface area contributed by atoms with E-state index in [-0.39, 0.29) is 16.4 Å². The summed E-state index contributed by atoms with van der Waals surface area (Å²) in [5.74, 6) is -1.04. The Bertz CT molecular complexity index is 967. The van der Waals surface area contributed by atoms with Crippen molar-refractivity contribution in [3.8, 4) is 0 Å². The summed E-state index contributed by atoms with van der Waals surface area (Å²) in [5, 5.41) is 0. The van der Waals surface area contributed by atoms with Crippen LogP contribution in [-0.4, -0.2) is 39.2 Å². The van der Waals surface area contributed by atoms with Crippen LogP contribution < -0.4 is 4.90 Å². The van der Waals surface area contributed by atoms with E-state index in [9.17, 15) is 18.0 Å². The lowest BCUT2D eigenvalue weighted by Crippen LogP contribution is -2.39. The first kappa shape index (κ1) is 18.1. The molecule has 0 aliphatic carbocycles. The van der Waals surface area contributed by atoms with Gasteiger partial charge in [-0.15, -0.1) is 0 Å². The minimum Gasteiger partial charge on any atom is -0.449 e. The minimum atomic E-state index is -3.43. The highest BCUT2D eigenvalue weighted by molar-refractivity contribution is 7.90. The molecule has 1 heterocycles. The Hall–Kier alpha value is -2.67. The normalized spacial score (nSPS) is 14.6. The van der Waals surface area contributed by atoms with Gasteiger partial charge in [0.25, 0.3) is 5.91 Å². The maximum atomic E-state index is 12.7. The topological polar surface area (TPSA) is 80.8 Å². The van der Waals surface area contributed by atoms with Crippen molar-refractivity contribution >= 4 is 27.4 Å². The van der Waals surface area contributed by atoms with Crippen LogP contribution in [0.3, 0.4) is 0 Å². The maximum Gasteiger partial charge on any atom is 0.338 e. The molecule has 0 radical (unpaired) electrons. The van der Waals surface area contributed by atoms with Gasteiger partial charge >= 0.3 is 5.97 Å². The summed E-state index contributed by atoms with van der Waals surface area (Å²) in [5.41, 5.74) is 2.01. The summed E-state index contributed by atoms with van der Waals surface area (Å²) in [7, 11) is -3.43. The summed E-state index contributed by atoms with van der Waals surface area (Å²) >= 11 is 0. The molecule has 7 heteroatoms. The predicted molar refractivity (Wildman–Crippen MR) is 96.9 cm³/mol. The van der Waals surface area contributed by atoms with Gasteiger partial charge in [-0.2, -0.15) is 0 Å². The molecule has 0 bridgehead atoms. The summed E-state index contributed by atoms with van der Waals surface area (Å²) in [6.45, 7) is 2.06. The van der Waals surface area contributed by atoms with E-state index in [0.29, 0.717) is 6.54 Å². The van der Waals surface area contributed by atoms with Crippen LogP contribution in [0.4, 0.5) is 5.69 Å². The Kier molecular flexibility index (Phi) is 4.82. The second-order valence-electron chi connectivity index (χ2n) is 6.22. The molecule has 2 aromatic carbocycles. The van der Waals surface area contributed by atoms with Crippen molar-refractivity contribution in [3.05, 3.63) is 59.7 Å². The van der Waals surface area contributed by atoms with E-state index in [1.165, 1.54) is 31.2 Å². The first-order valence-electron chi connectivity index (χ1n) is 8.18. The quantitative estimate of drug-likeness (QED) is 0.768. The number of fused-ring (bicyclic) bond motifs is 1. The Balaban J connectivity index is 1.73. The van der Waals surface area contributed by atoms with Gasteiger partial charge < -0.3 is 9.64 Å². The molecule has 1 aliphatic heterocycles. The van der Waals surface area contributed by atoms with Crippen molar-refractivity contribution < 1.29 is 22.7 Å². The van der Waals surface area contributed by atoms with Gasteiger partial charge in [0.05, 0.1) is 10.5 Å². The lowest BCUT2D eigenvalue weighted by Gasteiger charge is -2.21. The molecular weight excluding hydrogens is 354 g/mol. The van der Waals surface area contributed by atoms with Crippen LogP contribution in [0.2, 0.25) is 0 Å². The average Bonchev–Trinajstić information content (AvgIpc) is 3.04.